The molecular formula is C28H32N2O5. The van der Waals surface area contributed by atoms with Crippen molar-refractivity contribution >= 4 is 0 Å². The first-order chi connectivity index (χ1) is 17.1. The zero-order valence-electron chi connectivity index (χ0n) is 19.7. The first kappa shape index (κ1) is 26.4. The third kappa shape index (κ3) is 8.80. The van der Waals surface area contributed by atoms with Gasteiger partial charge in [0, 0.05) is 12.1 Å². The SMILES string of the molecule is N#Cc1cccc(COCCOCc2cccc(CCNC[C@H](O)c3ccc(O)c(CO)c3)c2)c1. The lowest BCUT2D eigenvalue weighted by molar-refractivity contribution is 0.0338. The van der Waals surface area contributed by atoms with E-state index in [4.69, 9.17) is 14.7 Å². The molecule has 0 fully saturated rings. The van der Waals surface area contributed by atoms with Gasteiger partial charge in [0.05, 0.1) is 50.8 Å². The lowest BCUT2D eigenvalue weighted by Crippen LogP contribution is -2.23. The van der Waals surface area contributed by atoms with E-state index in [1.807, 2.05) is 30.3 Å². The summed E-state index contributed by atoms with van der Waals surface area (Å²) in [7, 11) is 0. The second kappa shape index (κ2) is 14.2. The highest BCUT2D eigenvalue weighted by molar-refractivity contribution is 5.36. The number of hydrogen-bond donors (Lipinski definition) is 4. The number of aliphatic hydroxyl groups is 2. The Hall–Kier alpha value is -3.25. The largest absolute Gasteiger partial charge is 0.508 e. The molecule has 7 nitrogen and oxygen atoms in total. The van der Waals surface area contributed by atoms with E-state index in [0.717, 1.165) is 17.5 Å². The molecule has 3 aromatic rings. The quantitative estimate of drug-likeness (QED) is 0.264. The summed E-state index contributed by atoms with van der Waals surface area (Å²) in [4.78, 5) is 0. The van der Waals surface area contributed by atoms with Crippen molar-refractivity contribution in [1.82, 2.24) is 5.32 Å². The Bertz CT molecular complexity index is 1110. The number of nitrogens with one attached hydrogen (secondary N) is 1. The molecular weight excluding hydrogens is 444 g/mol. The third-order valence-electron chi connectivity index (χ3n) is 5.54. The van der Waals surface area contributed by atoms with Crippen LogP contribution in [0.3, 0.4) is 0 Å². The van der Waals surface area contributed by atoms with E-state index in [9.17, 15) is 15.3 Å². The summed E-state index contributed by atoms with van der Waals surface area (Å²) >= 11 is 0. The van der Waals surface area contributed by atoms with Crippen LogP contribution in [0.1, 0.15) is 39.5 Å². The van der Waals surface area contributed by atoms with Crippen molar-refractivity contribution in [2.75, 3.05) is 26.3 Å². The van der Waals surface area contributed by atoms with Gasteiger partial charge in [0.1, 0.15) is 5.75 Å². The number of hydrogen-bond acceptors (Lipinski definition) is 7. The second-order valence-electron chi connectivity index (χ2n) is 8.25. The molecule has 0 aliphatic carbocycles. The minimum absolute atomic E-state index is 0.0232. The number of rotatable bonds is 14. The Balaban J connectivity index is 1.32. The molecule has 7 heteroatoms. The molecule has 0 saturated carbocycles. The molecule has 0 aromatic heterocycles. The average Bonchev–Trinajstić information content (AvgIpc) is 2.89. The number of benzene rings is 3. The molecule has 0 amide bonds. The zero-order chi connectivity index (χ0) is 24.9. The third-order valence-corrected chi connectivity index (χ3v) is 5.54. The lowest BCUT2D eigenvalue weighted by atomic mass is 10.0. The Morgan fingerprint density at radius 3 is 2.29 bits per heavy atom. The van der Waals surface area contributed by atoms with Crippen LogP contribution in [-0.2, 0) is 35.7 Å². The van der Waals surface area contributed by atoms with E-state index < -0.39 is 6.10 Å². The fourth-order valence-corrected chi connectivity index (χ4v) is 3.63. The summed E-state index contributed by atoms with van der Waals surface area (Å²) in [6, 6.07) is 22.5. The molecule has 3 rings (SSSR count). The lowest BCUT2D eigenvalue weighted by Gasteiger charge is -2.14. The molecule has 0 heterocycles. The predicted molar refractivity (Wildman–Crippen MR) is 132 cm³/mol. The monoisotopic (exact) mass is 476 g/mol. The standard InChI is InChI=1S/C28H32N2O5/c29-16-22-4-2-6-24(14-22)20-35-12-11-34-19-23-5-1-3-21(13-23)9-10-30-17-28(33)25-7-8-27(32)26(15-25)18-31/h1-8,13-15,28,30-33H,9-12,17-20H2/t28-/m0/s1. The van der Waals surface area contributed by atoms with Crippen LogP contribution >= 0.6 is 0 Å². The van der Waals surface area contributed by atoms with E-state index in [1.54, 1.807) is 18.2 Å². The van der Waals surface area contributed by atoms with Crippen molar-refractivity contribution in [2.45, 2.75) is 32.3 Å². The summed E-state index contributed by atoms with van der Waals surface area (Å²) in [5.41, 5.74) is 4.91. The van der Waals surface area contributed by atoms with Gasteiger partial charge < -0.3 is 30.1 Å². The number of aromatic hydroxyl groups is 1. The van der Waals surface area contributed by atoms with Gasteiger partial charge in [-0.05, 0) is 59.5 Å². The van der Waals surface area contributed by atoms with Gasteiger partial charge in [0.15, 0.2) is 0 Å². The summed E-state index contributed by atoms with van der Waals surface area (Å²) in [5, 5.41) is 41.5. The normalized spacial score (nSPS) is 11.8. The van der Waals surface area contributed by atoms with Gasteiger partial charge in [-0.25, -0.2) is 0 Å². The van der Waals surface area contributed by atoms with Gasteiger partial charge in [-0.2, -0.15) is 5.26 Å². The summed E-state index contributed by atoms with van der Waals surface area (Å²) < 4.78 is 11.4. The van der Waals surface area contributed by atoms with Gasteiger partial charge in [0.25, 0.3) is 0 Å². The summed E-state index contributed by atoms with van der Waals surface area (Å²) in [6.45, 7) is 2.71. The molecule has 3 aromatic carbocycles. The Morgan fingerprint density at radius 2 is 1.57 bits per heavy atom. The minimum atomic E-state index is -0.724. The molecule has 35 heavy (non-hydrogen) atoms. The average molecular weight is 477 g/mol. The van der Waals surface area contributed by atoms with Crippen molar-refractivity contribution < 1.29 is 24.8 Å². The van der Waals surface area contributed by atoms with Crippen molar-refractivity contribution in [3.63, 3.8) is 0 Å². The van der Waals surface area contributed by atoms with E-state index >= 15 is 0 Å². The van der Waals surface area contributed by atoms with Crippen molar-refractivity contribution in [3.05, 3.63) is 100 Å². The van der Waals surface area contributed by atoms with E-state index in [0.29, 0.717) is 56.2 Å². The molecule has 0 aliphatic rings. The van der Waals surface area contributed by atoms with Crippen LogP contribution in [0.25, 0.3) is 0 Å². The number of phenols is 1. The van der Waals surface area contributed by atoms with Crippen LogP contribution in [0, 0.1) is 11.3 Å². The van der Waals surface area contributed by atoms with Gasteiger partial charge in [0.2, 0.25) is 0 Å². The fraction of sp³-hybridized carbons (Fsp3) is 0.321. The number of nitriles is 1. The van der Waals surface area contributed by atoms with E-state index in [2.05, 4.69) is 23.5 Å². The molecule has 0 unspecified atom stereocenters. The minimum Gasteiger partial charge on any atom is -0.508 e. The first-order valence-corrected chi connectivity index (χ1v) is 11.6. The van der Waals surface area contributed by atoms with Crippen LogP contribution in [-0.4, -0.2) is 41.6 Å². The second-order valence-corrected chi connectivity index (χ2v) is 8.25. The summed E-state index contributed by atoms with van der Waals surface area (Å²) in [6.07, 6.45) is 0.0845. The number of aliphatic hydroxyl groups excluding tert-OH is 2. The van der Waals surface area contributed by atoms with Crippen LogP contribution in [0.15, 0.2) is 66.7 Å². The van der Waals surface area contributed by atoms with Crippen LogP contribution < -0.4 is 5.32 Å². The molecule has 184 valence electrons. The molecule has 0 aliphatic heterocycles. The number of ether oxygens (including phenoxy) is 2. The van der Waals surface area contributed by atoms with Crippen molar-refractivity contribution in [2.24, 2.45) is 0 Å². The van der Waals surface area contributed by atoms with Gasteiger partial charge >= 0.3 is 0 Å². The summed E-state index contributed by atoms with van der Waals surface area (Å²) in [5.74, 6) is 0.0232. The van der Waals surface area contributed by atoms with E-state index in [-0.39, 0.29) is 12.4 Å². The predicted octanol–water partition coefficient (Wildman–Crippen LogP) is 3.36. The molecule has 0 radical (unpaired) electrons. The van der Waals surface area contributed by atoms with Crippen LogP contribution in [0.5, 0.6) is 5.75 Å². The molecule has 0 saturated heterocycles. The maximum Gasteiger partial charge on any atom is 0.121 e. The van der Waals surface area contributed by atoms with Crippen molar-refractivity contribution in [1.29, 1.82) is 5.26 Å². The Labute approximate surface area is 206 Å². The van der Waals surface area contributed by atoms with Crippen molar-refractivity contribution in [3.8, 4) is 11.8 Å². The maximum absolute atomic E-state index is 10.4. The van der Waals surface area contributed by atoms with Gasteiger partial charge in [-0.3, -0.25) is 0 Å². The topological polar surface area (TPSA) is 115 Å². The van der Waals surface area contributed by atoms with Crippen LogP contribution in [0.4, 0.5) is 0 Å². The highest BCUT2D eigenvalue weighted by atomic mass is 16.5. The maximum atomic E-state index is 10.4. The molecule has 0 bridgehead atoms. The Morgan fingerprint density at radius 1 is 0.886 bits per heavy atom. The van der Waals surface area contributed by atoms with Gasteiger partial charge in [-0.1, -0.05) is 42.5 Å². The zero-order valence-corrected chi connectivity index (χ0v) is 19.7. The molecule has 1 atom stereocenters. The van der Waals surface area contributed by atoms with Gasteiger partial charge in [-0.15, -0.1) is 0 Å². The Kier molecular flexibility index (Phi) is 10.7. The first-order valence-electron chi connectivity index (χ1n) is 11.6. The van der Waals surface area contributed by atoms with E-state index in [1.165, 1.54) is 11.6 Å². The molecule has 4 N–H and O–H groups in total. The van der Waals surface area contributed by atoms with Crippen LogP contribution in [0.2, 0.25) is 0 Å². The highest BCUT2D eigenvalue weighted by Gasteiger charge is 2.10. The molecule has 0 spiro atoms. The number of nitrogens with zero attached hydrogens (tertiary/aromatic N) is 1. The highest BCUT2D eigenvalue weighted by Crippen LogP contribution is 2.22. The fourth-order valence-electron chi connectivity index (χ4n) is 3.63. The smallest absolute Gasteiger partial charge is 0.121 e.